The van der Waals surface area contributed by atoms with Crippen LogP contribution in [0.4, 0.5) is 17.6 Å². The van der Waals surface area contributed by atoms with Crippen molar-refractivity contribution in [2.24, 2.45) is 0 Å². The molecule has 0 unspecified atom stereocenters. The first-order valence-corrected chi connectivity index (χ1v) is 12.6. The summed E-state index contributed by atoms with van der Waals surface area (Å²) in [6, 6.07) is 5.91. The highest BCUT2D eigenvalue weighted by Gasteiger charge is 2.20. The number of nitrogens with zero attached hydrogens (tertiary/aromatic N) is 5. The fraction of sp³-hybridized carbons (Fsp3) is 0.560. The van der Waals surface area contributed by atoms with Crippen LogP contribution in [0, 0.1) is 0 Å². The number of fused-ring (bicyclic) bond motifs is 1. The van der Waals surface area contributed by atoms with Crippen LogP contribution < -0.4 is 19.7 Å². The molecule has 188 valence electrons. The van der Waals surface area contributed by atoms with E-state index in [4.69, 9.17) is 24.2 Å². The van der Waals surface area contributed by atoms with Gasteiger partial charge in [0.05, 0.1) is 32.4 Å². The number of morpholine rings is 1. The first-order chi connectivity index (χ1) is 17.2. The van der Waals surface area contributed by atoms with Crippen molar-refractivity contribution in [3.05, 3.63) is 23.9 Å². The van der Waals surface area contributed by atoms with Gasteiger partial charge in [-0.15, -0.1) is 0 Å². The number of nitrogens with one attached hydrogen (secondary N) is 2. The molecule has 2 N–H and O–H groups in total. The van der Waals surface area contributed by atoms with Crippen LogP contribution in [-0.4, -0.2) is 84.7 Å². The highest BCUT2D eigenvalue weighted by atomic mass is 16.5. The normalized spacial score (nSPS) is 16.7. The molecule has 1 aromatic carbocycles. The van der Waals surface area contributed by atoms with Gasteiger partial charge in [-0.05, 0) is 44.8 Å². The van der Waals surface area contributed by atoms with Gasteiger partial charge in [0.1, 0.15) is 5.82 Å². The molecule has 3 aromatic rings. The predicted octanol–water partition coefficient (Wildman–Crippen LogP) is 3.37. The van der Waals surface area contributed by atoms with E-state index in [1.165, 1.54) is 25.9 Å². The number of anilines is 3. The van der Waals surface area contributed by atoms with Gasteiger partial charge < -0.3 is 29.3 Å². The third kappa shape index (κ3) is 5.59. The number of benzene rings is 1. The maximum Gasteiger partial charge on any atom is 0.228 e. The zero-order valence-corrected chi connectivity index (χ0v) is 20.7. The Kier molecular flexibility index (Phi) is 7.48. The maximum atomic E-state index is 6.17. The Bertz CT molecular complexity index is 1120. The van der Waals surface area contributed by atoms with E-state index in [9.17, 15) is 0 Å². The molecule has 10 heteroatoms. The quantitative estimate of drug-likeness (QED) is 0.422. The van der Waals surface area contributed by atoms with Gasteiger partial charge in [-0.1, -0.05) is 6.92 Å². The van der Waals surface area contributed by atoms with Crippen molar-refractivity contribution >= 4 is 28.5 Å². The summed E-state index contributed by atoms with van der Waals surface area (Å²) in [4.78, 5) is 14.4. The van der Waals surface area contributed by atoms with Gasteiger partial charge in [0, 0.05) is 42.8 Å². The highest BCUT2D eigenvalue weighted by Crippen LogP contribution is 2.36. The zero-order valence-electron chi connectivity index (χ0n) is 20.7. The Morgan fingerprint density at radius 1 is 1.06 bits per heavy atom. The summed E-state index contributed by atoms with van der Waals surface area (Å²) in [7, 11) is 1.66. The Labute approximate surface area is 206 Å². The summed E-state index contributed by atoms with van der Waals surface area (Å²) in [6.45, 7) is 9.03. The molecule has 5 rings (SSSR count). The topological polar surface area (TPSA) is 101 Å². The number of ether oxygens (including phenoxy) is 3. The number of H-pyrrole nitrogens is 1. The Hall–Kier alpha value is -3.11. The van der Waals surface area contributed by atoms with Crippen LogP contribution in [0.3, 0.4) is 0 Å². The largest absolute Gasteiger partial charge is 0.493 e. The molecule has 2 aromatic heterocycles. The second-order valence-electron chi connectivity index (χ2n) is 9.00. The number of hydrogen-bond donors (Lipinski definition) is 2. The summed E-state index contributed by atoms with van der Waals surface area (Å²) in [6.07, 6.45) is 4.47. The average molecular weight is 482 g/mol. The first-order valence-electron chi connectivity index (χ1n) is 12.6. The molecule has 35 heavy (non-hydrogen) atoms. The van der Waals surface area contributed by atoms with E-state index in [-0.39, 0.29) is 0 Å². The fourth-order valence-corrected chi connectivity index (χ4v) is 4.60. The number of methoxy groups -OCH3 is 1. The standard InChI is InChI=1S/C25H35N7O3/c1-3-18-15-23(30-29-18)27-24-19-16-21(33-2)22(35-12-6-9-31-7-4-5-8-31)17-20(19)26-25(28-24)32-10-13-34-14-11-32/h15-17H,3-14H2,1-2H3,(H2,26,27,28,29,30). The van der Waals surface area contributed by atoms with Crippen molar-refractivity contribution in [2.75, 3.05) is 69.9 Å². The number of rotatable bonds is 10. The molecule has 0 amide bonds. The molecule has 0 radical (unpaired) electrons. The number of aromatic amines is 1. The van der Waals surface area contributed by atoms with Crippen LogP contribution in [0.1, 0.15) is 31.9 Å². The molecule has 2 aliphatic heterocycles. The van der Waals surface area contributed by atoms with E-state index in [0.29, 0.717) is 43.1 Å². The molecule has 0 bridgehead atoms. The summed E-state index contributed by atoms with van der Waals surface area (Å²) >= 11 is 0. The maximum absolute atomic E-state index is 6.17. The third-order valence-electron chi connectivity index (χ3n) is 6.60. The Morgan fingerprint density at radius 3 is 2.63 bits per heavy atom. The molecular formula is C25H35N7O3. The summed E-state index contributed by atoms with van der Waals surface area (Å²) in [5.41, 5.74) is 1.85. The molecule has 0 atom stereocenters. The lowest BCUT2D eigenvalue weighted by Gasteiger charge is -2.27. The van der Waals surface area contributed by atoms with Gasteiger partial charge in [-0.25, -0.2) is 4.98 Å². The minimum Gasteiger partial charge on any atom is -0.493 e. The molecule has 0 saturated carbocycles. The lowest BCUT2D eigenvalue weighted by atomic mass is 10.2. The van der Waals surface area contributed by atoms with E-state index < -0.39 is 0 Å². The van der Waals surface area contributed by atoms with Crippen molar-refractivity contribution in [3.63, 3.8) is 0 Å². The summed E-state index contributed by atoms with van der Waals surface area (Å²) in [5, 5.41) is 11.7. The van der Waals surface area contributed by atoms with Crippen LogP contribution >= 0.6 is 0 Å². The van der Waals surface area contributed by atoms with Crippen molar-refractivity contribution in [1.82, 2.24) is 25.1 Å². The van der Waals surface area contributed by atoms with Gasteiger partial charge in [0.2, 0.25) is 5.95 Å². The predicted molar refractivity (Wildman–Crippen MR) is 136 cm³/mol. The molecule has 4 heterocycles. The zero-order chi connectivity index (χ0) is 24.0. The van der Waals surface area contributed by atoms with E-state index in [0.717, 1.165) is 54.9 Å². The molecular weight excluding hydrogens is 446 g/mol. The number of aryl methyl sites for hydroxylation is 1. The van der Waals surface area contributed by atoms with Gasteiger partial charge in [0.15, 0.2) is 17.3 Å². The summed E-state index contributed by atoms with van der Waals surface area (Å²) < 4.78 is 17.4. The van der Waals surface area contributed by atoms with Crippen LogP contribution in [0.25, 0.3) is 10.9 Å². The lowest BCUT2D eigenvalue weighted by Crippen LogP contribution is -2.37. The molecule has 2 saturated heterocycles. The molecule has 2 aliphatic rings. The summed E-state index contributed by atoms with van der Waals surface area (Å²) in [5.74, 6) is 3.44. The van der Waals surface area contributed by atoms with Crippen LogP contribution in [-0.2, 0) is 11.2 Å². The average Bonchev–Trinajstić information content (AvgIpc) is 3.59. The molecule has 0 aliphatic carbocycles. The van der Waals surface area contributed by atoms with Crippen LogP contribution in [0.2, 0.25) is 0 Å². The molecule has 2 fully saturated rings. The van der Waals surface area contributed by atoms with Crippen molar-refractivity contribution in [3.8, 4) is 11.5 Å². The SMILES string of the molecule is CCc1cc(Nc2nc(N3CCOCC3)nc3cc(OCCCN4CCCC4)c(OC)cc23)n[nH]1. The number of aromatic nitrogens is 4. The fourth-order valence-electron chi connectivity index (χ4n) is 4.60. The second kappa shape index (κ2) is 11.1. The van der Waals surface area contributed by atoms with Gasteiger partial charge in [0.25, 0.3) is 0 Å². The lowest BCUT2D eigenvalue weighted by molar-refractivity contribution is 0.122. The number of hydrogen-bond acceptors (Lipinski definition) is 9. The van der Waals surface area contributed by atoms with Gasteiger partial charge in [-0.2, -0.15) is 10.1 Å². The Balaban J connectivity index is 1.43. The minimum atomic E-state index is 0.637. The van der Waals surface area contributed by atoms with E-state index in [1.807, 2.05) is 18.2 Å². The van der Waals surface area contributed by atoms with E-state index in [1.54, 1.807) is 7.11 Å². The molecule has 0 spiro atoms. The highest BCUT2D eigenvalue weighted by molar-refractivity contribution is 5.94. The third-order valence-corrected chi connectivity index (χ3v) is 6.60. The van der Waals surface area contributed by atoms with E-state index >= 15 is 0 Å². The van der Waals surface area contributed by atoms with Crippen LogP contribution in [0.15, 0.2) is 18.2 Å². The minimum absolute atomic E-state index is 0.637. The monoisotopic (exact) mass is 481 g/mol. The van der Waals surface area contributed by atoms with Crippen molar-refractivity contribution in [2.45, 2.75) is 32.6 Å². The smallest absolute Gasteiger partial charge is 0.228 e. The van der Waals surface area contributed by atoms with Crippen molar-refractivity contribution < 1.29 is 14.2 Å². The Morgan fingerprint density at radius 2 is 1.89 bits per heavy atom. The van der Waals surface area contributed by atoms with Gasteiger partial charge in [-0.3, -0.25) is 5.10 Å². The van der Waals surface area contributed by atoms with Gasteiger partial charge >= 0.3 is 0 Å². The molecule has 10 nitrogen and oxygen atoms in total. The van der Waals surface area contributed by atoms with E-state index in [2.05, 4.69) is 32.2 Å². The van der Waals surface area contributed by atoms with Crippen molar-refractivity contribution in [1.29, 1.82) is 0 Å². The number of likely N-dealkylation sites (tertiary alicyclic amines) is 1. The first kappa shape index (κ1) is 23.6. The van der Waals surface area contributed by atoms with Crippen LogP contribution in [0.5, 0.6) is 11.5 Å². The second-order valence-corrected chi connectivity index (χ2v) is 9.00.